The predicted octanol–water partition coefficient (Wildman–Crippen LogP) is 4.25. The number of benzene rings is 2. The Kier molecular flexibility index (Phi) is 3.67. The highest BCUT2D eigenvalue weighted by molar-refractivity contribution is 6.37. The van der Waals surface area contributed by atoms with Crippen LogP contribution in [0.3, 0.4) is 0 Å². The molecule has 0 saturated carbocycles. The Morgan fingerprint density at radius 2 is 1.88 bits per heavy atom. The zero-order valence-corrected chi connectivity index (χ0v) is 10.2. The van der Waals surface area contributed by atoms with Crippen molar-refractivity contribution in [2.75, 3.05) is 0 Å². The van der Waals surface area contributed by atoms with Gasteiger partial charge in [-0.3, -0.25) is 4.99 Å². The van der Waals surface area contributed by atoms with Crippen LogP contribution in [-0.2, 0) is 0 Å². The molecule has 0 unspecified atom stereocenters. The predicted molar refractivity (Wildman–Crippen MR) is 70.7 cm³/mol. The third-order valence-electron chi connectivity index (χ3n) is 2.09. The largest absolute Gasteiger partial charge is 0.505 e. The summed E-state index contributed by atoms with van der Waals surface area (Å²) >= 11 is 11.6. The quantitative estimate of drug-likeness (QED) is 0.809. The molecule has 2 aromatic carbocycles. The van der Waals surface area contributed by atoms with Gasteiger partial charge in [0.05, 0.1) is 15.7 Å². The Labute approximate surface area is 109 Å². The Bertz CT molecular complexity index is 530. The first-order valence-corrected chi connectivity index (χ1v) is 5.61. The maximum atomic E-state index is 9.39. The average Bonchev–Trinajstić information content (AvgIpc) is 2.34. The third kappa shape index (κ3) is 2.99. The van der Waals surface area contributed by atoms with E-state index in [9.17, 15) is 5.11 Å². The van der Waals surface area contributed by atoms with Crippen LogP contribution in [-0.4, -0.2) is 11.3 Å². The molecule has 2 aromatic rings. The first-order chi connectivity index (χ1) is 8.16. The van der Waals surface area contributed by atoms with Gasteiger partial charge < -0.3 is 5.11 Å². The van der Waals surface area contributed by atoms with Crippen LogP contribution in [0.1, 0.15) is 5.56 Å². The van der Waals surface area contributed by atoms with E-state index in [0.717, 1.165) is 5.56 Å². The molecule has 0 aromatic heterocycles. The smallest absolute Gasteiger partial charge is 0.152 e. The second-order valence-electron chi connectivity index (χ2n) is 3.33. The maximum absolute atomic E-state index is 9.39. The monoisotopic (exact) mass is 264 g/mol. The number of phenols is 1. The first kappa shape index (κ1) is 12.0. The van der Waals surface area contributed by atoms with E-state index in [1.54, 1.807) is 24.4 Å². The Morgan fingerprint density at radius 3 is 2.47 bits per heavy atom. The van der Waals surface area contributed by atoms with Gasteiger partial charge in [0.25, 0.3) is 0 Å². The van der Waals surface area contributed by atoms with Crippen LogP contribution in [0, 0.1) is 6.07 Å². The first-order valence-electron chi connectivity index (χ1n) is 4.85. The van der Waals surface area contributed by atoms with Gasteiger partial charge in [-0.05, 0) is 18.2 Å². The molecule has 1 radical (unpaired) electrons. The molecule has 0 aliphatic heterocycles. The molecule has 0 amide bonds. The zero-order chi connectivity index (χ0) is 12.3. The van der Waals surface area contributed by atoms with Gasteiger partial charge in [-0.25, -0.2) is 0 Å². The standard InChI is InChI=1S/C13H8Cl2NO/c14-11-6-10(7-12(15)13(11)17)16-8-9-4-2-1-3-5-9/h1-4,6-8,17H. The summed E-state index contributed by atoms with van der Waals surface area (Å²) in [6, 6.07) is 13.6. The number of halogens is 2. The van der Waals surface area contributed by atoms with Crippen LogP contribution in [0.5, 0.6) is 5.75 Å². The van der Waals surface area contributed by atoms with Crippen molar-refractivity contribution >= 4 is 35.1 Å². The van der Waals surface area contributed by atoms with Crippen molar-refractivity contribution in [3.05, 3.63) is 58.1 Å². The van der Waals surface area contributed by atoms with E-state index < -0.39 is 0 Å². The molecular weight excluding hydrogens is 257 g/mol. The third-order valence-corrected chi connectivity index (χ3v) is 2.66. The van der Waals surface area contributed by atoms with Gasteiger partial charge in [-0.2, -0.15) is 0 Å². The van der Waals surface area contributed by atoms with Gasteiger partial charge in [0, 0.05) is 11.8 Å². The van der Waals surface area contributed by atoms with Gasteiger partial charge in [-0.1, -0.05) is 47.5 Å². The fourth-order valence-corrected chi connectivity index (χ4v) is 1.73. The topological polar surface area (TPSA) is 32.6 Å². The van der Waals surface area contributed by atoms with E-state index in [1.165, 1.54) is 0 Å². The fraction of sp³-hybridized carbons (Fsp3) is 0. The molecule has 0 aliphatic carbocycles. The van der Waals surface area contributed by atoms with E-state index in [2.05, 4.69) is 11.1 Å². The van der Waals surface area contributed by atoms with Gasteiger partial charge in [0.15, 0.2) is 5.75 Å². The average molecular weight is 265 g/mol. The Balaban J connectivity index is 2.28. The lowest BCUT2D eigenvalue weighted by atomic mass is 10.2. The van der Waals surface area contributed by atoms with Crippen molar-refractivity contribution in [2.24, 2.45) is 4.99 Å². The maximum Gasteiger partial charge on any atom is 0.152 e. The summed E-state index contributed by atoms with van der Waals surface area (Å²) in [6.07, 6.45) is 1.65. The molecule has 85 valence electrons. The van der Waals surface area contributed by atoms with Crippen LogP contribution in [0.15, 0.2) is 41.4 Å². The fourth-order valence-electron chi connectivity index (χ4n) is 1.26. The number of nitrogens with zero attached hydrogens (tertiary/aromatic N) is 1. The normalized spacial score (nSPS) is 10.9. The molecule has 2 nitrogen and oxygen atoms in total. The van der Waals surface area contributed by atoms with E-state index >= 15 is 0 Å². The second-order valence-corrected chi connectivity index (χ2v) is 4.15. The number of hydrogen-bond acceptors (Lipinski definition) is 2. The molecule has 0 heterocycles. The van der Waals surface area contributed by atoms with Gasteiger partial charge >= 0.3 is 0 Å². The summed E-state index contributed by atoms with van der Waals surface area (Å²) in [5.74, 6) is -0.126. The summed E-state index contributed by atoms with van der Waals surface area (Å²) in [4.78, 5) is 4.20. The van der Waals surface area contributed by atoms with Crippen LogP contribution in [0.4, 0.5) is 5.69 Å². The molecule has 0 saturated heterocycles. The highest BCUT2D eigenvalue weighted by Gasteiger charge is 2.05. The Morgan fingerprint density at radius 1 is 1.18 bits per heavy atom. The van der Waals surface area contributed by atoms with Crippen LogP contribution in [0.2, 0.25) is 10.0 Å². The summed E-state index contributed by atoms with van der Waals surface area (Å²) in [5.41, 5.74) is 1.43. The zero-order valence-electron chi connectivity index (χ0n) is 8.69. The van der Waals surface area contributed by atoms with Gasteiger partial charge in [-0.15, -0.1) is 0 Å². The van der Waals surface area contributed by atoms with E-state index in [-0.39, 0.29) is 15.8 Å². The number of aromatic hydroxyl groups is 1. The molecule has 0 bridgehead atoms. The van der Waals surface area contributed by atoms with Crippen LogP contribution in [0.25, 0.3) is 0 Å². The summed E-state index contributed by atoms with van der Waals surface area (Å²) < 4.78 is 0. The number of rotatable bonds is 2. The molecule has 17 heavy (non-hydrogen) atoms. The minimum atomic E-state index is -0.126. The lowest BCUT2D eigenvalue weighted by molar-refractivity contribution is 0.476. The molecule has 0 aliphatic rings. The van der Waals surface area contributed by atoms with Crippen LogP contribution < -0.4 is 0 Å². The molecule has 0 spiro atoms. The molecule has 2 rings (SSSR count). The van der Waals surface area contributed by atoms with Crippen molar-refractivity contribution in [1.82, 2.24) is 0 Å². The van der Waals surface area contributed by atoms with Crippen molar-refractivity contribution < 1.29 is 5.11 Å². The van der Waals surface area contributed by atoms with Crippen molar-refractivity contribution in [2.45, 2.75) is 0 Å². The highest BCUT2D eigenvalue weighted by atomic mass is 35.5. The molecule has 4 heteroatoms. The molecule has 1 N–H and O–H groups in total. The molecular formula is C13H8Cl2NO. The SMILES string of the molecule is Oc1c(Cl)cc(N=Cc2[c]cccc2)cc1Cl. The van der Waals surface area contributed by atoms with E-state index in [0.29, 0.717) is 5.69 Å². The minimum absolute atomic E-state index is 0.126. The molecule has 0 atom stereocenters. The van der Waals surface area contributed by atoms with Gasteiger partial charge in [0.1, 0.15) is 0 Å². The summed E-state index contributed by atoms with van der Waals surface area (Å²) in [7, 11) is 0. The highest BCUT2D eigenvalue weighted by Crippen LogP contribution is 2.35. The lowest BCUT2D eigenvalue weighted by Crippen LogP contribution is -1.79. The van der Waals surface area contributed by atoms with Crippen molar-refractivity contribution in [3.63, 3.8) is 0 Å². The van der Waals surface area contributed by atoms with Gasteiger partial charge in [0.2, 0.25) is 0 Å². The van der Waals surface area contributed by atoms with E-state index in [1.807, 2.05) is 18.2 Å². The number of aliphatic imine (C=N–C) groups is 1. The number of phenolic OH excluding ortho intramolecular Hbond substituents is 1. The van der Waals surface area contributed by atoms with Crippen molar-refractivity contribution in [1.29, 1.82) is 0 Å². The summed E-state index contributed by atoms with van der Waals surface area (Å²) in [5, 5.41) is 9.76. The minimum Gasteiger partial charge on any atom is -0.505 e. The Hall–Kier alpha value is -1.51. The molecule has 0 fully saturated rings. The van der Waals surface area contributed by atoms with Crippen LogP contribution >= 0.6 is 23.2 Å². The second kappa shape index (κ2) is 5.21. The lowest BCUT2D eigenvalue weighted by Gasteiger charge is -2.01. The number of hydrogen-bond donors (Lipinski definition) is 1. The van der Waals surface area contributed by atoms with E-state index in [4.69, 9.17) is 23.2 Å². The summed E-state index contributed by atoms with van der Waals surface area (Å²) in [6.45, 7) is 0. The van der Waals surface area contributed by atoms with Crippen molar-refractivity contribution in [3.8, 4) is 5.75 Å².